The summed E-state index contributed by atoms with van der Waals surface area (Å²) in [6.45, 7) is 2.36. The summed E-state index contributed by atoms with van der Waals surface area (Å²) in [5.41, 5.74) is 0.827. The Morgan fingerprint density at radius 3 is 2.72 bits per heavy atom. The number of nitrogens with zero attached hydrogens (tertiary/aromatic N) is 3. The van der Waals surface area contributed by atoms with E-state index in [1.54, 1.807) is 24.4 Å². The van der Waals surface area contributed by atoms with Crippen LogP contribution in [-0.4, -0.2) is 45.3 Å². The molecular formula is C18H19N3O6S2. The molecule has 1 saturated heterocycles. The molecule has 0 N–H and O–H groups in total. The minimum absolute atomic E-state index is 0.0107. The van der Waals surface area contributed by atoms with Crippen LogP contribution in [0.4, 0.5) is 10.5 Å². The number of carbonyl (C=O) groups is 2. The van der Waals surface area contributed by atoms with Gasteiger partial charge in [0.2, 0.25) is 0 Å². The highest BCUT2D eigenvalue weighted by Crippen LogP contribution is 2.36. The lowest BCUT2D eigenvalue weighted by Gasteiger charge is -2.22. The number of nitro benzene ring substituents is 1. The van der Waals surface area contributed by atoms with Gasteiger partial charge in [0.15, 0.2) is 5.69 Å². The molecule has 0 spiro atoms. The van der Waals surface area contributed by atoms with E-state index in [0.29, 0.717) is 23.5 Å². The average Bonchev–Trinajstić information content (AvgIpc) is 3.33. The highest BCUT2D eigenvalue weighted by atomic mass is 32.1. The average molecular weight is 437 g/mol. The Hall–Kier alpha value is -2.66. The molecule has 0 bridgehead atoms. The Morgan fingerprint density at radius 1 is 1.34 bits per heavy atom. The summed E-state index contributed by atoms with van der Waals surface area (Å²) in [6, 6.07) is 5.47. The summed E-state index contributed by atoms with van der Waals surface area (Å²) in [5.74, 6) is -0.497. The number of rotatable bonds is 6. The molecule has 1 fully saturated rings. The third-order valence-corrected chi connectivity index (χ3v) is 5.63. The minimum atomic E-state index is -0.530. The van der Waals surface area contributed by atoms with Crippen molar-refractivity contribution < 1.29 is 24.0 Å². The number of aromatic nitrogens is 1. The number of benzene rings is 1. The molecule has 0 unspecified atom stereocenters. The van der Waals surface area contributed by atoms with E-state index in [4.69, 9.17) is 9.47 Å². The Bertz CT molecular complexity index is 901. The van der Waals surface area contributed by atoms with Gasteiger partial charge in [-0.15, -0.1) is 11.3 Å². The summed E-state index contributed by atoms with van der Waals surface area (Å²) in [5, 5.41) is 12.9. The number of amides is 1. The van der Waals surface area contributed by atoms with Crippen LogP contribution in [0.15, 0.2) is 29.6 Å². The van der Waals surface area contributed by atoms with Gasteiger partial charge in [0.05, 0.1) is 17.6 Å². The van der Waals surface area contributed by atoms with Crippen molar-refractivity contribution in [3.63, 3.8) is 0 Å². The lowest BCUT2D eigenvalue weighted by molar-refractivity contribution is -0.384. The van der Waals surface area contributed by atoms with E-state index in [9.17, 15) is 19.7 Å². The third kappa shape index (κ3) is 5.04. The van der Waals surface area contributed by atoms with E-state index in [1.807, 2.05) is 0 Å². The molecular weight excluding hydrogens is 418 g/mol. The number of esters is 1. The van der Waals surface area contributed by atoms with Crippen molar-refractivity contribution in [1.82, 2.24) is 9.88 Å². The second kappa shape index (κ2) is 9.23. The molecule has 1 aliphatic rings. The van der Waals surface area contributed by atoms with Crippen LogP contribution in [0, 0.1) is 10.1 Å². The molecule has 0 saturated carbocycles. The second-order valence-electron chi connectivity index (χ2n) is 6.33. The number of thiazole rings is 1. The quantitative estimate of drug-likeness (QED) is 0.318. The zero-order valence-corrected chi connectivity index (χ0v) is 17.2. The van der Waals surface area contributed by atoms with Gasteiger partial charge in [-0.05, 0) is 31.0 Å². The highest BCUT2D eigenvalue weighted by Gasteiger charge is 2.37. The van der Waals surface area contributed by atoms with Crippen molar-refractivity contribution in [2.45, 2.75) is 31.2 Å². The van der Waals surface area contributed by atoms with Gasteiger partial charge >= 0.3 is 12.1 Å². The Labute approximate surface area is 176 Å². The van der Waals surface area contributed by atoms with Crippen molar-refractivity contribution >= 4 is 41.7 Å². The molecule has 0 aliphatic carbocycles. The molecule has 1 amide bonds. The lowest BCUT2D eigenvalue weighted by atomic mass is 10.2. The largest absolute Gasteiger partial charge is 0.461 e. The molecule has 29 heavy (non-hydrogen) atoms. The zero-order valence-electron chi connectivity index (χ0n) is 15.5. The van der Waals surface area contributed by atoms with Crippen LogP contribution in [-0.2, 0) is 16.1 Å². The summed E-state index contributed by atoms with van der Waals surface area (Å²) in [7, 11) is 0. The van der Waals surface area contributed by atoms with Crippen LogP contribution in [0.1, 0.15) is 40.4 Å². The molecule has 1 aromatic carbocycles. The highest BCUT2D eigenvalue weighted by molar-refractivity contribution is 7.81. The fourth-order valence-electron chi connectivity index (χ4n) is 2.93. The first kappa shape index (κ1) is 21.1. The van der Waals surface area contributed by atoms with Crippen molar-refractivity contribution in [3.8, 4) is 0 Å². The minimum Gasteiger partial charge on any atom is -0.461 e. The maximum atomic E-state index is 12.6. The summed E-state index contributed by atoms with van der Waals surface area (Å²) < 4.78 is 10.3. The van der Waals surface area contributed by atoms with Crippen LogP contribution in [0.25, 0.3) is 0 Å². The van der Waals surface area contributed by atoms with E-state index in [1.165, 1.54) is 28.4 Å². The van der Waals surface area contributed by atoms with Gasteiger partial charge < -0.3 is 9.47 Å². The predicted molar refractivity (Wildman–Crippen MR) is 108 cm³/mol. The molecule has 1 aliphatic heterocycles. The number of thiol groups is 1. The molecule has 2 aromatic rings. The first-order valence-electron chi connectivity index (χ1n) is 8.86. The van der Waals surface area contributed by atoms with Gasteiger partial charge in [-0.1, -0.05) is 0 Å². The number of carbonyl (C=O) groups excluding carboxylic acids is 2. The van der Waals surface area contributed by atoms with E-state index in [0.717, 1.165) is 0 Å². The molecule has 154 valence electrons. The van der Waals surface area contributed by atoms with Crippen LogP contribution < -0.4 is 0 Å². The second-order valence-corrected chi connectivity index (χ2v) is 7.95. The van der Waals surface area contributed by atoms with Crippen molar-refractivity contribution in [2.75, 3.05) is 13.2 Å². The smallest absolute Gasteiger partial charge is 0.410 e. The van der Waals surface area contributed by atoms with E-state index < -0.39 is 17.0 Å². The number of hydrogen-bond acceptors (Lipinski definition) is 9. The molecule has 3 rings (SSSR count). The third-order valence-electron chi connectivity index (χ3n) is 4.31. The monoisotopic (exact) mass is 437 g/mol. The predicted octanol–water partition coefficient (Wildman–Crippen LogP) is 3.61. The van der Waals surface area contributed by atoms with Gasteiger partial charge in [-0.3, -0.25) is 15.0 Å². The fourth-order valence-corrected chi connectivity index (χ4v) is 4.22. The van der Waals surface area contributed by atoms with Crippen LogP contribution in [0.3, 0.4) is 0 Å². The van der Waals surface area contributed by atoms with Crippen molar-refractivity contribution in [2.24, 2.45) is 0 Å². The normalized spacial score (nSPS) is 18.5. The Morgan fingerprint density at radius 2 is 2.07 bits per heavy atom. The van der Waals surface area contributed by atoms with Gasteiger partial charge in [-0.2, -0.15) is 12.6 Å². The number of non-ortho nitro benzene ring substituents is 1. The van der Waals surface area contributed by atoms with Gasteiger partial charge in [0.1, 0.15) is 11.6 Å². The molecule has 0 radical (unpaired) electrons. The standard InChI is InChI=1S/C18H19N3O6S2/c1-2-26-17(22)14-10-29-16(19-14)15-7-13(28)8-20(15)18(23)27-9-11-3-5-12(6-4-11)21(24)25/h3-6,10,13,15,28H,2,7-9H2,1H3/t13-,15-/m0/s1. The lowest BCUT2D eigenvalue weighted by Crippen LogP contribution is -2.31. The summed E-state index contributed by atoms with van der Waals surface area (Å²) in [6.07, 6.45) is 0.0590. The molecule has 9 nitrogen and oxygen atoms in total. The first-order valence-corrected chi connectivity index (χ1v) is 10.3. The van der Waals surface area contributed by atoms with Crippen LogP contribution in [0.2, 0.25) is 0 Å². The maximum Gasteiger partial charge on any atom is 0.410 e. The number of hydrogen-bond donors (Lipinski definition) is 1. The van der Waals surface area contributed by atoms with E-state index in [2.05, 4.69) is 17.6 Å². The van der Waals surface area contributed by atoms with Gasteiger partial charge in [0.25, 0.3) is 5.69 Å². The maximum absolute atomic E-state index is 12.6. The Balaban J connectivity index is 1.65. The number of nitro groups is 1. The SMILES string of the molecule is CCOC(=O)c1csc([C@@H]2C[C@H](S)CN2C(=O)OCc2ccc([N+](=O)[O-])cc2)n1. The molecule has 2 heterocycles. The Kier molecular flexibility index (Phi) is 6.70. The molecule has 2 atom stereocenters. The van der Waals surface area contributed by atoms with Gasteiger partial charge in [-0.25, -0.2) is 14.6 Å². The van der Waals surface area contributed by atoms with Crippen molar-refractivity contribution in [1.29, 1.82) is 0 Å². The number of likely N-dealkylation sites (tertiary alicyclic amines) is 1. The van der Waals surface area contributed by atoms with E-state index >= 15 is 0 Å². The van der Waals surface area contributed by atoms with Crippen molar-refractivity contribution in [3.05, 3.63) is 56.0 Å². The first-order chi connectivity index (χ1) is 13.9. The van der Waals surface area contributed by atoms with Crippen LogP contribution >= 0.6 is 24.0 Å². The van der Waals surface area contributed by atoms with Gasteiger partial charge in [0, 0.05) is 29.3 Å². The van der Waals surface area contributed by atoms with Crippen LogP contribution in [0.5, 0.6) is 0 Å². The number of ether oxygens (including phenoxy) is 2. The van der Waals surface area contributed by atoms with E-state index in [-0.39, 0.29) is 35.9 Å². The molecule has 1 aromatic heterocycles. The molecule has 11 heteroatoms. The zero-order chi connectivity index (χ0) is 21.0. The fraction of sp³-hybridized carbons (Fsp3) is 0.389. The summed E-state index contributed by atoms with van der Waals surface area (Å²) in [4.78, 5) is 40.5. The topological polar surface area (TPSA) is 112 Å². The summed E-state index contributed by atoms with van der Waals surface area (Å²) >= 11 is 5.76.